The maximum absolute atomic E-state index is 12.4. The Hall–Kier alpha value is -1.60. The number of hydrogen-bond donors (Lipinski definition) is 2. The van der Waals surface area contributed by atoms with Gasteiger partial charge in [0.25, 0.3) is 5.91 Å². The SMILES string of the molecule is COCC1(CNC(=O)c2cc(-c3cccc(Cl)c3)no2)CCNCC1.Cl. The molecule has 2 aromatic rings. The zero-order valence-corrected chi connectivity index (χ0v) is 16.2. The lowest BCUT2D eigenvalue weighted by Crippen LogP contribution is -2.47. The van der Waals surface area contributed by atoms with E-state index in [1.54, 1.807) is 25.3 Å². The van der Waals surface area contributed by atoms with Crippen molar-refractivity contribution in [1.29, 1.82) is 0 Å². The molecule has 6 nitrogen and oxygen atoms in total. The Labute approximate surface area is 164 Å². The number of halogens is 2. The van der Waals surface area contributed by atoms with Crippen molar-refractivity contribution < 1.29 is 14.1 Å². The molecule has 1 aliphatic rings. The summed E-state index contributed by atoms with van der Waals surface area (Å²) in [4.78, 5) is 12.4. The Morgan fingerprint density at radius 3 is 2.85 bits per heavy atom. The summed E-state index contributed by atoms with van der Waals surface area (Å²) in [6, 6.07) is 8.90. The molecule has 8 heteroatoms. The molecule has 1 aliphatic heterocycles. The number of rotatable bonds is 6. The van der Waals surface area contributed by atoms with Gasteiger partial charge in [-0.2, -0.15) is 0 Å². The van der Waals surface area contributed by atoms with Gasteiger partial charge in [-0.1, -0.05) is 28.9 Å². The van der Waals surface area contributed by atoms with Gasteiger partial charge in [-0.25, -0.2) is 0 Å². The molecule has 0 atom stereocenters. The number of carbonyl (C=O) groups excluding carboxylic acids is 1. The second-order valence-electron chi connectivity index (χ2n) is 6.45. The number of nitrogens with one attached hydrogen (secondary N) is 2. The van der Waals surface area contributed by atoms with Crippen LogP contribution in [0.4, 0.5) is 0 Å². The Balaban J connectivity index is 0.00000243. The standard InChI is InChI=1S/C18H22ClN3O3.ClH/c1-24-12-18(5-7-20-8-6-18)11-21-17(23)16-10-15(22-25-16)13-3-2-4-14(19)9-13;/h2-4,9-10,20H,5-8,11-12H2,1H3,(H,21,23);1H. The van der Waals surface area contributed by atoms with Crippen molar-refractivity contribution in [2.75, 3.05) is 33.4 Å². The van der Waals surface area contributed by atoms with E-state index in [1.165, 1.54) is 0 Å². The van der Waals surface area contributed by atoms with Gasteiger partial charge >= 0.3 is 0 Å². The van der Waals surface area contributed by atoms with Gasteiger partial charge in [0.1, 0.15) is 5.69 Å². The van der Waals surface area contributed by atoms with Crippen LogP contribution in [0.2, 0.25) is 5.02 Å². The number of benzene rings is 1. The highest BCUT2D eigenvalue weighted by atomic mass is 35.5. The first-order valence-electron chi connectivity index (χ1n) is 8.32. The van der Waals surface area contributed by atoms with Crippen LogP contribution in [0.1, 0.15) is 23.4 Å². The van der Waals surface area contributed by atoms with Crippen molar-refractivity contribution in [2.24, 2.45) is 5.41 Å². The summed E-state index contributed by atoms with van der Waals surface area (Å²) in [7, 11) is 1.69. The van der Waals surface area contributed by atoms with Gasteiger partial charge in [0.05, 0.1) is 6.61 Å². The van der Waals surface area contributed by atoms with Gasteiger partial charge < -0.3 is 19.9 Å². The smallest absolute Gasteiger partial charge is 0.289 e. The summed E-state index contributed by atoms with van der Waals surface area (Å²) in [5.74, 6) is -0.0775. The Kier molecular flexibility index (Phi) is 7.46. The van der Waals surface area contributed by atoms with Gasteiger partial charge in [0.2, 0.25) is 5.76 Å². The van der Waals surface area contributed by atoms with Crippen molar-refractivity contribution in [2.45, 2.75) is 12.8 Å². The first-order valence-corrected chi connectivity index (χ1v) is 8.70. The number of piperidine rings is 1. The van der Waals surface area contributed by atoms with Crippen LogP contribution in [0.3, 0.4) is 0 Å². The molecule has 0 spiro atoms. The van der Waals surface area contributed by atoms with Crippen molar-refractivity contribution in [3.05, 3.63) is 41.1 Å². The molecule has 0 radical (unpaired) electrons. The second kappa shape index (κ2) is 9.37. The van der Waals surface area contributed by atoms with Gasteiger partial charge in [-0.15, -0.1) is 12.4 Å². The molecule has 1 fully saturated rings. The van der Waals surface area contributed by atoms with E-state index in [0.29, 0.717) is 23.9 Å². The molecule has 2 heterocycles. The van der Waals surface area contributed by atoms with Crippen LogP contribution in [0.25, 0.3) is 11.3 Å². The number of nitrogens with zero attached hydrogens (tertiary/aromatic N) is 1. The molecule has 1 amide bonds. The zero-order valence-electron chi connectivity index (χ0n) is 14.6. The minimum atomic E-state index is -0.269. The van der Waals surface area contributed by atoms with E-state index in [0.717, 1.165) is 31.5 Å². The van der Waals surface area contributed by atoms with E-state index < -0.39 is 0 Å². The zero-order chi connectivity index (χ0) is 17.7. The molecule has 0 unspecified atom stereocenters. The molecule has 26 heavy (non-hydrogen) atoms. The molecule has 0 saturated carbocycles. The highest BCUT2D eigenvalue weighted by molar-refractivity contribution is 6.30. The quantitative estimate of drug-likeness (QED) is 0.779. The van der Waals surface area contributed by atoms with Gasteiger partial charge in [0.15, 0.2) is 0 Å². The fourth-order valence-electron chi connectivity index (χ4n) is 3.16. The molecule has 0 aliphatic carbocycles. The minimum Gasteiger partial charge on any atom is -0.384 e. The number of hydrogen-bond acceptors (Lipinski definition) is 5. The van der Waals surface area contributed by atoms with Crippen LogP contribution in [0.5, 0.6) is 0 Å². The summed E-state index contributed by atoms with van der Waals surface area (Å²) in [6.07, 6.45) is 1.93. The Bertz CT molecular complexity index is 724. The van der Waals surface area contributed by atoms with Gasteiger partial charge in [0, 0.05) is 35.7 Å². The number of methoxy groups -OCH3 is 1. The first-order chi connectivity index (χ1) is 12.1. The van der Waals surface area contributed by atoms with E-state index in [4.69, 9.17) is 20.9 Å². The molecule has 142 valence electrons. The third kappa shape index (κ3) is 4.98. The number of aromatic nitrogens is 1. The van der Waals surface area contributed by atoms with E-state index in [-0.39, 0.29) is 29.5 Å². The summed E-state index contributed by atoms with van der Waals surface area (Å²) in [5.41, 5.74) is 1.36. The van der Waals surface area contributed by atoms with Crippen LogP contribution in [0.15, 0.2) is 34.9 Å². The van der Waals surface area contributed by atoms with Crippen molar-refractivity contribution in [1.82, 2.24) is 15.8 Å². The highest BCUT2D eigenvalue weighted by Crippen LogP contribution is 2.28. The predicted octanol–water partition coefficient (Wildman–Crippen LogP) is 3.16. The summed E-state index contributed by atoms with van der Waals surface area (Å²) in [5, 5.41) is 10.9. The van der Waals surface area contributed by atoms with Gasteiger partial charge in [-0.3, -0.25) is 4.79 Å². The van der Waals surface area contributed by atoms with Crippen molar-refractivity contribution >= 4 is 29.9 Å². The van der Waals surface area contributed by atoms with Crippen LogP contribution in [-0.4, -0.2) is 44.4 Å². The third-order valence-electron chi connectivity index (χ3n) is 4.59. The second-order valence-corrected chi connectivity index (χ2v) is 6.89. The monoisotopic (exact) mass is 399 g/mol. The molecular weight excluding hydrogens is 377 g/mol. The number of amides is 1. The van der Waals surface area contributed by atoms with Gasteiger partial charge in [-0.05, 0) is 38.1 Å². The summed E-state index contributed by atoms with van der Waals surface area (Å²) < 4.78 is 10.6. The molecular formula is C18H23Cl2N3O3. The van der Waals surface area contributed by atoms with E-state index in [1.807, 2.05) is 12.1 Å². The fraction of sp³-hybridized carbons (Fsp3) is 0.444. The lowest BCUT2D eigenvalue weighted by Gasteiger charge is -2.37. The van der Waals surface area contributed by atoms with E-state index in [2.05, 4.69) is 15.8 Å². The fourth-order valence-corrected chi connectivity index (χ4v) is 3.35. The molecule has 2 N–H and O–H groups in total. The van der Waals surface area contributed by atoms with E-state index >= 15 is 0 Å². The predicted molar refractivity (Wildman–Crippen MR) is 103 cm³/mol. The highest BCUT2D eigenvalue weighted by Gasteiger charge is 2.33. The number of carbonyl (C=O) groups is 1. The molecule has 1 saturated heterocycles. The van der Waals surface area contributed by atoms with Crippen LogP contribution in [0, 0.1) is 5.41 Å². The maximum atomic E-state index is 12.4. The summed E-state index contributed by atoms with van der Waals surface area (Å²) >= 11 is 5.99. The maximum Gasteiger partial charge on any atom is 0.289 e. The molecule has 1 aromatic carbocycles. The van der Waals surface area contributed by atoms with Crippen LogP contribution in [-0.2, 0) is 4.74 Å². The van der Waals surface area contributed by atoms with Crippen LogP contribution >= 0.6 is 24.0 Å². The lowest BCUT2D eigenvalue weighted by molar-refractivity contribution is 0.0504. The Morgan fingerprint density at radius 1 is 1.38 bits per heavy atom. The summed E-state index contributed by atoms with van der Waals surface area (Å²) in [6.45, 7) is 3.04. The minimum absolute atomic E-state index is 0. The first kappa shape index (κ1) is 20.7. The largest absolute Gasteiger partial charge is 0.384 e. The third-order valence-corrected chi connectivity index (χ3v) is 4.83. The Morgan fingerprint density at radius 2 is 2.15 bits per heavy atom. The normalized spacial score (nSPS) is 15.9. The average Bonchev–Trinajstić information content (AvgIpc) is 3.11. The number of ether oxygens (including phenoxy) is 1. The molecule has 3 rings (SSSR count). The lowest BCUT2D eigenvalue weighted by atomic mass is 9.79. The molecule has 0 bridgehead atoms. The van der Waals surface area contributed by atoms with E-state index in [9.17, 15) is 4.79 Å². The topological polar surface area (TPSA) is 76.4 Å². The average molecular weight is 400 g/mol. The van der Waals surface area contributed by atoms with Crippen LogP contribution < -0.4 is 10.6 Å². The van der Waals surface area contributed by atoms with Crippen molar-refractivity contribution in [3.8, 4) is 11.3 Å². The molecule has 1 aromatic heterocycles. The van der Waals surface area contributed by atoms with Crippen molar-refractivity contribution in [3.63, 3.8) is 0 Å².